The fourth-order valence-corrected chi connectivity index (χ4v) is 3.16. The van der Waals surface area contributed by atoms with Gasteiger partial charge in [0, 0.05) is 11.1 Å². The molecule has 3 aromatic carbocycles. The number of halogens is 3. The van der Waals surface area contributed by atoms with Crippen LogP contribution in [0.5, 0.6) is 0 Å². The Labute approximate surface area is 182 Å². The molecule has 32 heavy (non-hydrogen) atoms. The first-order valence-electron chi connectivity index (χ1n) is 9.83. The van der Waals surface area contributed by atoms with E-state index < -0.39 is 17.5 Å². The monoisotopic (exact) mass is 433 g/mol. The molecule has 7 heteroatoms. The second-order valence-corrected chi connectivity index (χ2v) is 7.30. The molecule has 4 rings (SSSR count). The molecule has 0 aliphatic heterocycles. The molecule has 0 unspecified atom stereocenters. The van der Waals surface area contributed by atoms with Crippen LogP contribution in [0.2, 0.25) is 0 Å². The molecule has 1 N–H and O–H groups in total. The van der Waals surface area contributed by atoms with Gasteiger partial charge in [0.1, 0.15) is 11.5 Å². The fraction of sp³-hybridized carbons (Fsp3) is 0.0800. The van der Waals surface area contributed by atoms with Crippen LogP contribution in [0.1, 0.15) is 11.1 Å². The van der Waals surface area contributed by atoms with Crippen molar-refractivity contribution in [1.29, 1.82) is 0 Å². The van der Waals surface area contributed by atoms with Crippen LogP contribution in [0, 0.1) is 24.4 Å². The van der Waals surface area contributed by atoms with Crippen molar-refractivity contribution in [3.63, 3.8) is 0 Å². The molecule has 0 bridgehead atoms. The molecule has 0 spiro atoms. The van der Waals surface area contributed by atoms with Crippen molar-refractivity contribution in [2.75, 3.05) is 5.32 Å². The van der Waals surface area contributed by atoms with Crippen molar-refractivity contribution in [3.8, 4) is 22.5 Å². The topological polar surface area (TPSA) is 54.9 Å². The minimum Gasteiger partial charge on any atom is -0.309 e. The molecule has 4 nitrogen and oxygen atoms in total. The van der Waals surface area contributed by atoms with Gasteiger partial charge in [0.15, 0.2) is 17.5 Å². The first-order chi connectivity index (χ1) is 15.4. The van der Waals surface area contributed by atoms with E-state index in [0.29, 0.717) is 22.5 Å². The van der Waals surface area contributed by atoms with Crippen molar-refractivity contribution in [2.24, 2.45) is 0 Å². The van der Waals surface area contributed by atoms with Gasteiger partial charge in [0.05, 0.1) is 18.3 Å². The maximum atomic E-state index is 13.5. The van der Waals surface area contributed by atoms with E-state index in [4.69, 9.17) is 0 Å². The molecule has 1 heterocycles. The Morgan fingerprint density at radius 2 is 1.56 bits per heavy atom. The van der Waals surface area contributed by atoms with Gasteiger partial charge in [-0.25, -0.2) is 23.1 Å². The van der Waals surface area contributed by atoms with Crippen LogP contribution in [0.4, 0.5) is 19.0 Å². The van der Waals surface area contributed by atoms with E-state index in [-0.39, 0.29) is 18.1 Å². The zero-order valence-electron chi connectivity index (χ0n) is 17.1. The molecule has 0 saturated heterocycles. The summed E-state index contributed by atoms with van der Waals surface area (Å²) in [6, 6.07) is 16.7. The number of carbonyl (C=O) groups is 1. The maximum Gasteiger partial charge on any atom is 0.230 e. The number of anilines is 1. The summed E-state index contributed by atoms with van der Waals surface area (Å²) in [6.45, 7) is 1.95. The number of amides is 1. The highest BCUT2D eigenvalue weighted by Gasteiger charge is 2.15. The van der Waals surface area contributed by atoms with Crippen LogP contribution in [0.3, 0.4) is 0 Å². The standard InChI is InChI=1S/C25H18F3N3O/c1-15-2-5-18(6-3-15)24-25(29-14-22(30-24)17-7-9-19(26)10-8-17)31-23(32)13-16-4-11-20(27)21(28)12-16/h2-12,14H,13H2,1H3,(H,29,31,32). The quantitative estimate of drug-likeness (QED) is 0.438. The van der Waals surface area contributed by atoms with Crippen LogP contribution in [0.25, 0.3) is 22.5 Å². The maximum absolute atomic E-state index is 13.5. The van der Waals surface area contributed by atoms with Gasteiger partial charge in [-0.1, -0.05) is 35.9 Å². The third-order valence-corrected chi connectivity index (χ3v) is 4.84. The Kier molecular flexibility index (Phi) is 5.98. The third kappa shape index (κ3) is 4.83. The summed E-state index contributed by atoms with van der Waals surface area (Å²) in [4.78, 5) is 21.6. The lowest BCUT2D eigenvalue weighted by Gasteiger charge is -2.12. The Morgan fingerprint density at radius 1 is 0.875 bits per heavy atom. The van der Waals surface area contributed by atoms with Crippen LogP contribution in [0.15, 0.2) is 72.9 Å². The fourth-order valence-electron chi connectivity index (χ4n) is 3.16. The summed E-state index contributed by atoms with van der Waals surface area (Å²) in [5, 5.41) is 2.71. The van der Waals surface area contributed by atoms with Gasteiger partial charge >= 0.3 is 0 Å². The number of hydrogen-bond donors (Lipinski definition) is 1. The summed E-state index contributed by atoms with van der Waals surface area (Å²) in [5.41, 5.74) is 3.74. The van der Waals surface area contributed by atoms with Crippen molar-refractivity contribution >= 4 is 11.7 Å². The molecule has 0 aliphatic rings. The predicted molar refractivity (Wildman–Crippen MR) is 116 cm³/mol. The molecule has 1 amide bonds. The molecule has 0 aliphatic carbocycles. The Hall–Kier alpha value is -4.00. The SMILES string of the molecule is Cc1ccc(-c2nc(-c3ccc(F)cc3)cnc2NC(=O)Cc2ccc(F)c(F)c2)cc1. The minimum absolute atomic E-state index is 0.161. The zero-order valence-corrected chi connectivity index (χ0v) is 17.1. The van der Waals surface area contributed by atoms with Crippen LogP contribution >= 0.6 is 0 Å². The lowest BCUT2D eigenvalue weighted by Crippen LogP contribution is -2.17. The smallest absolute Gasteiger partial charge is 0.230 e. The van der Waals surface area contributed by atoms with Gasteiger partial charge in [-0.05, 0) is 48.9 Å². The molecule has 0 radical (unpaired) electrons. The van der Waals surface area contributed by atoms with Gasteiger partial charge in [0.2, 0.25) is 5.91 Å². The van der Waals surface area contributed by atoms with Gasteiger partial charge < -0.3 is 5.32 Å². The molecular weight excluding hydrogens is 415 g/mol. The predicted octanol–water partition coefficient (Wildman–Crippen LogP) is 5.72. The second kappa shape index (κ2) is 9.01. The Bertz CT molecular complexity index is 1270. The molecule has 1 aromatic heterocycles. The third-order valence-electron chi connectivity index (χ3n) is 4.84. The molecule has 160 valence electrons. The average molecular weight is 433 g/mol. The van der Waals surface area contributed by atoms with E-state index in [9.17, 15) is 18.0 Å². The lowest BCUT2D eigenvalue weighted by atomic mass is 10.1. The Balaban J connectivity index is 1.66. The normalized spacial score (nSPS) is 10.8. The number of nitrogens with one attached hydrogen (secondary N) is 1. The summed E-state index contributed by atoms with van der Waals surface area (Å²) in [5.74, 6) is -2.57. The zero-order chi connectivity index (χ0) is 22.7. The summed E-state index contributed by atoms with van der Waals surface area (Å²) in [6.07, 6.45) is 1.32. The number of rotatable bonds is 5. The first-order valence-corrected chi connectivity index (χ1v) is 9.83. The van der Waals surface area contributed by atoms with Gasteiger partial charge in [-0.15, -0.1) is 0 Å². The van der Waals surface area contributed by atoms with Crippen molar-refractivity contribution < 1.29 is 18.0 Å². The van der Waals surface area contributed by atoms with E-state index in [2.05, 4.69) is 15.3 Å². The van der Waals surface area contributed by atoms with E-state index in [1.807, 2.05) is 31.2 Å². The number of nitrogens with zero attached hydrogens (tertiary/aromatic N) is 2. The highest BCUT2D eigenvalue weighted by atomic mass is 19.2. The lowest BCUT2D eigenvalue weighted by molar-refractivity contribution is -0.115. The van der Waals surface area contributed by atoms with E-state index in [1.165, 1.54) is 24.4 Å². The highest BCUT2D eigenvalue weighted by Crippen LogP contribution is 2.28. The molecule has 0 saturated carbocycles. The highest BCUT2D eigenvalue weighted by molar-refractivity contribution is 5.94. The second-order valence-electron chi connectivity index (χ2n) is 7.30. The summed E-state index contributed by atoms with van der Waals surface area (Å²) < 4.78 is 39.9. The van der Waals surface area contributed by atoms with Gasteiger partial charge in [0.25, 0.3) is 0 Å². The average Bonchev–Trinajstić information content (AvgIpc) is 2.78. The van der Waals surface area contributed by atoms with Crippen molar-refractivity contribution in [3.05, 3.63) is 102 Å². The van der Waals surface area contributed by atoms with E-state index in [1.54, 1.807) is 12.1 Å². The number of hydrogen-bond acceptors (Lipinski definition) is 3. The summed E-state index contributed by atoms with van der Waals surface area (Å²) in [7, 11) is 0. The molecule has 0 fully saturated rings. The van der Waals surface area contributed by atoms with E-state index in [0.717, 1.165) is 23.3 Å². The number of carbonyl (C=O) groups excluding carboxylic acids is 1. The largest absolute Gasteiger partial charge is 0.309 e. The molecule has 0 atom stereocenters. The van der Waals surface area contributed by atoms with Crippen LogP contribution in [-0.4, -0.2) is 15.9 Å². The summed E-state index contributed by atoms with van der Waals surface area (Å²) >= 11 is 0. The number of benzene rings is 3. The Morgan fingerprint density at radius 3 is 2.25 bits per heavy atom. The van der Waals surface area contributed by atoms with Crippen LogP contribution < -0.4 is 5.32 Å². The minimum atomic E-state index is -1.01. The van der Waals surface area contributed by atoms with Gasteiger partial charge in [-0.3, -0.25) is 4.79 Å². The number of aryl methyl sites for hydroxylation is 1. The van der Waals surface area contributed by atoms with Gasteiger partial charge in [-0.2, -0.15) is 0 Å². The van der Waals surface area contributed by atoms with Crippen LogP contribution in [-0.2, 0) is 11.2 Å². The van der Waals surface area contributed by atoms with Crippen molar-refractivity contribution in [2.45, 2.75) is 13.3 Å². The molecule has 4 aromatic rings. The molecular formula is C25H18F3N3O. The number of aromatic nitrogens is 2. The van der Waals surface area contributed by atoms with E-state index >= 15 is 0 Å². The first kappa shape index (κ1) is 21.2. The van der Waals surface area contributed by atoms with Crippen molar-refractivity contribution in [1.82, 2.24) is 9.97 Å².